The Kier molecular flexibility index (Phi) is 6.81. The third-order valence-electron chi connectivity index (χ3n) is 1.16. The normalized spacial score (nSPS) is 11.4. The standard InChI is InChI=1S/C8H14ClNO2/c1-3-12-8(11)6-10-5-7(2)4-9/h4,10H,3,5-6H2,1-2H3. The van der Waals surface area contributed by atoms with Crippen molar-refractivity contribution in [1.29, 1.82) is 0 Å². The van der Waals surface area contributed by atoms with Gasteiger partial charge in [0.15, 0.2) is 0 Å². The zero-order valence-electron chi connectivity index (χ0n) is 7.39. The van der Waals surface area contributed by atoms with E-state index < -0.39 is 0 Å². The summed E-state index contributed by atoms with van der Waals surface area (Å²) in [6.07, 6.45) is 0. The van der Waals surface area contributed by atoms with E-state index in [-0.39, 0.29) is 12.5 Å². The van der Waals surface area contributed by atoms with Crippen LogP contribution in [-0.4, -0.2) is 25.7 Å². The quantitative estimate of drug-likeness (QED) is 0.666. The number of hydrogen-bond donors (Lipinski definition) is 1. The third kappa shape index (κ3) is 6.19. The average molecular weight is 192 g/mol. The van der Waals surface area contributed by atoms with E-state index in [1.165, 1.54) is 5.54 Å². The van der Waals surface area contributed by atoms with Crippen LogP contribution >= 0.6 is 11.6 Å². The molecule has 0 bridgehead atoms. The minimum atomic E-state index is -0.236. The van der Waals surface area contributed by atoms with Crippen molar-refractivity contribution in [2.75, 3.05) is 19.7 Å². The molecule has 3 nitrogen and oxygen atoms in total. The Morgan fingerprint density at radius 1 is 1.58 bits per heavy atom. The van der Waals surface area contributed by atoms with Crippen molar-refractivity contribution in [3.8, 4) is 0 Å². The van der Waals surface area contributed by atoms with Crippen LogP contribution in [0.3, 0.4) is 0 Å². The van der Waals surface area contributed by atoms with E-state index in [0.717, 1.165) is 5.57 Å². The first-order chi connectivity index (χ1) is 5.70. The zero-order chi connectivity index (χ0) is 9.40. The smallest absolute Gasteiger partial charge is 0.319 e. The Morgan fingerprint density at radius 2 is 2.25 bits per heavy atom. The van der Waals surface area contributed by atoms with Gasteiger partial charge >= 0.3 is 5.97 Å². The molecule has 0 fully saturated rings. The fraction of sp³-hybridized carbons (Fsp3) is 0.625. The van der Waals surface area contributed by atoms with E-state index in [9.17, 15) is 4.79 Å². The zero-order valence-corrected chi connectivity index (χ0v) is 8.15. The number of ether oxygens (including phenoxy) is 1. The van der Waals surface area contributed by atoms with Gasteiger partial charge in [0.25, 0.3) is 0 Å². The molecular formula is C8H14ClNO2. The molecule has 0 spiro atoms. The van der Waals surface area contributed by atoms with Crippen LogP contribution in [0.1, 0.15) is 13.8 Å². The maximum atomic E-state index is 10.8. The van der Waals surface area contributed by atoms with Crippen molar-refractivity contribution in [3.63, 3.8) is 0 Å². The fourth-order valence-electron chi connectivity index (χ4n) is 0.612. The molecule has 0 aromatic heterocycles. The molecule has 70 valence electrons. The molecule has 0 unspecified atom stereocenters. The lowest BCUT2D eigenvalue weighted by Gasteiger charge is -2.03. The highest BCUT2D eigenvalue weighted by atomic mass is 35.5. The summed E-state index contributed by atoms with van der Waals surface area (Å²) in [6.45, 7) is 4.93. The van der Waals surface area contributed by atoms with Gasteiger partial charge in [0.2, 0.25) is 0 Å². The second-order valence-electron chi connectivity index (χ2n) is 2.36. The number of carbonyl (C=O) groups excluding carboxylic acids is 1. The van der Waals surface area contributed by atoms with Gasteiger partial charge < -0.3 is 10.1 Å². The lowest BCUT2D eigenvalue weighted by atomic mass is 10.3. The van der Waals surface area contributed by atoms with E-state index >= 15 is 0 Å². The molecule has 0 aliphatic rings. The van der Waals surface area contributed by atoms with Gasteiger partial charge in [-0.2, -0.15) is 0 Å². The number of hydrogen-bond acceptors (Lipinski definition) is 3. The van der Waals surface area contributed by atoms with Crippen LogP contribution in [0, 0.1) is 0 Å². The molecule has 0 aromatic carbocycles. The first-order valence-electron chi connectivity index (χ1n) is 3.83. The molecule has 0 rings (SSSR count). The van der Waals surface area contributed by atoms with Gasteiger partial charge in [0.05, 0.1) is 13.2 Å². The highest BCUT2D eigenvalue weighted by Gasteiger charge is 1.99. The summed E-state index contributed by atoms with van der Waals surface area (Å²) in [5.74, 6) is -0.236. The minimum Gasteiger partial charge on any atom is -0.465 e. The Bertz CT molecular complexity index is 168. The molecule has 0 saturated carbocycles. The van der Waals surface area contributed by atoms with Crippen molar-refractivity contribution >= 4 is 17.6 Å². The summed E-state index contributed by atoms with van der Waals surface area (Å²) in [5.41, 5.74) is 2.47. The summed E-state index contributed by atoms with van der Waals surface area (Å²) in [6, 6.07) is 0. The summed E-state index contributed by atoms with van der Waals surface area (Å²) in [4.78, 5) is 10.8. The molecule has 0 heterocycles. The van der Waals surface area contributed by atoms with Crippen LogP contribution in [0.15, 0.2) is 11.1 Å². The number of esters is 1. The van der Waals surface area contributed by atoms with Crippen molar-refractivity contribution in [1.82, 2.24) is 5.32 Å². The van der Waals surface area contributed by atoms with Crippen LogP contribution in [0.25, 0.3) is 0 Å². The molecule has 0 aliphatic carbocycles. The van der Waals surface area contributed by atoms with Crippen molar-refractivity contribution in [2.45, 2.75) is 13.8 Å². The second-order valence-corrected chi connectivity index (χ2v) is 2.58. The van der Waals surface area contributed by atoms with Gasteiger partial charge in [0.1, 0.15) is 0 Å². The SMILES string of the molecule is CCOC(=O)CNCC(C)=CCl. The van der Waals surface area contributed by atoms with Gasteiger partial charge in [-0.3, -0.25) is 4.79 Å². The summed E-state index contributed by atoms with van der Waals surface area (Å²) < 4.78 is 4.70. The van der Waals surface area contributed by atoms with E-state index in [0.29, 0.717) is 13.2 Å². The van der Waals surface area contributed by atoms with Crippen LogP contribution in [0.4, 0.5) is 0 Å². The van der Waals surface area contributed by atoms with Gasteiger partial charge in [-0.15, -0.1) is 0 Å². The molecule has 1 N–H and O–H groups in total. The van der Waals surface area contributed by atoms with Gasteiger partial charge in [-0.1, -0.05) is 11.6 Å². The van der Waals surface area contributed by atoms with Crippen LogP contribution in [0.2, 0.25) is 0 Å². The molecule has 0 aromatic rings. The third-order valence-corrected chi connectivity index (χ3v) is 1.54. The Labute approximate surface area is 77.7 Å². The second kappa shape index (κ2) is 7.13. The Balaban J connectivity index is 3.37. The van der Waals surface area contributed by atoms with E-state index in [2.05, 4.69) is 5.32 Å². The molecule has 0 aliphatic heterocycles. The maximum Gasteiger partial charge on any atom is 0.319 e. The number of rotatable bonds is 5. The Hall–Kier alpha value is -0.540. The van der Waals surface area contributed by atoms with Crippen molar-refractivity contribution in [3.05, 3.63) is 11.1 Å². The molecular weight excluding hydrogens is 178 g/mol. The van der Waals surface area contributed by atoms with E-state index in [4.69, 9.17) is 16.3 Å². The highest BCUT2D eigenvalue weighted by molar-refractivity contribution is 6.25. The molecule has 0 radical (unpaired) electrons. The van der Waals surface area contributed by atoms with Crippen LogP contribution < -0.4 is 5.32 Å². The first-order valence-corrected chi connectivity index (χ1v) is 4.26. The Morgan fingerprint density at radius 3 is 2.75 bits per heavy atom. The monoisotopic (exact) mass is 191 g/mol. The molecule has 0 saturated heterocycles. The molecule has 0 atom stereocenters. The molecule has 4 heteroatoms. The lowest BCUT2D eigenvalue weighted by Crippen LogP contribution is -2.25. The van der Waals surface area contributed by atoms with Crippen LogP contribution in [0.5, 0.6) is 0 Å². The molecule has 12 heavy (non-hydrogen) atoms. The maximum absolute atomic E-state index is 10.8. The summed E-state index contributed by atoms with van der Waals surface area (Å²) in [5, 5.41) is 2.89. The van der Waals surface area contributed by atoms with E-state index in [1.807, 2.05) is 6.92 Å². The van der Waals surface area contributed by atoms with Gasteiger partial charge in [0, 0.05) is 12.1 Å². The van der Waals surface area contributed by atoms with Gasteiger partial charge in [-0.25, -0.2) is 0 Å². The highest BCUT2D eigenvalue weighted by Crippen LogP contribution is 1.91. The summed E-state index contributed by atoms with van der Waals surface area (Å²) >= 11 is 5.41. The predicted octanol–water partition coefficient (Wildman–Crippen LogP) is 1.28. The number of carbonyl (C=O) groups is 1. The number of nitrogens with one attached hydrogen (secondary N) is 1. The first kappa shape index (κ1) is 11.5. The summed E-state index contributed by atoms with van der Waals surface area (Å²) in [7, 11) is 0. The number of halogens is 1. The average Bonchev–Trinajstić information content (AvgIpc) is 2.04. The van der Waals surface area contributed by atoms with E-state index in [1.54, 1.807) is 6.92 Å². The van der Waals surface area contributed by atoms with Gasteiger partial charge in [-0.05, 0) is 19.4 Å². The topological polar surface area (TPSA) is 38.3 Å². The van der Waals surface area contributed by atoms with Crippen molar-refractivity contribution < 1.29 is 9.53 Å². The van der Waals surface area contributed by atoms with Crippen molar-refractivity contribution in [2.24, 2.45) is 0 Å². The fourth-order valence-corrected chi connectivity index (χ4v) is 0.689. The minimum absolute atomic E-state index is 0.232. The predicted molar refractivity (Wildman–Crippen MR) is 49.1 cm³/mol. The largest absolute Gasteiger partial charge is 0.465 e. The molecule has 0 amide bonds. The van der Waals surface area contributed by atoms with Crippen LogP contribution in [-0.2, 0) is 9.53 Å². The lowest BCUT2D eigenvalue weighted by molar-refractivity contribution is -0.141.